The Hall–Kier alpha value is -0.900. The number of nitrogens with zero attached hydrogens (tertiary/aromatic N) is 3. The summed E-state index contributed by atoms with van der Waals surface area (Å²) in [5.41, 5.74) is 7.00. The van der Waals surface area contributed by atoms with Crippen LogP contribution in [0, 0.1) is 5.92 Å². The van der Waals surface area contributed by atoms with Gasteiger partial charge < -0.3 is 5.73 Å². The van der Waals surface area contributed by atoms with E-state index in [1.807, 2.05) is 7.05 Å². The number of rotatable bonds is 3. The molecular formula is C8H16N4. The van der Waals surface area contributed by atoms with Gasteiger partial charge in [-0.05, 0) is 5.92 Å². The van der Waals surface area contributed by atoms with Crippen LogP contribution in [0.4, 0.5) is 0 Å². The Labute approximate surface area is 72.8 Å². The Bertz CT molecular complexity index is 243. The van der Waals surface area contributed by atoms with Crippen molar-refractivity contribution in [1.29, 1.82) is 0 Å². The van der Waals surface area contributed by atoms with Gasteiger partial charge in [0, 0.05) is 7.05 Å². The summed E-state index contributed by atoms with van der Waals surface area (Å²) >= 11 is 0. The molecule has 0 aliphatic heterocycles. The van der Waals surface area contributed by atoms with Gasteiger partial charge in [-0.25, -0.2) is 0 Å². The molecule has 2 N–H and O–H groups in total. The lowest BCUT2D eigenvalue weighted by Crippen LogP contribution is -2.21. The molecule has 2 atom stereocenters. The van der Waals surface area contributed by atoms with Crippen LogP contribution < -0.4 is 5.73 Å². The zero-order valence-corrected chi connectivity index (χ0v) is 7.86. The lowest BCUT2D eigenvalue weighted by Gasteiger charge is -2.17. The number of aromatic nitrogens is 3. The Morgan fingerprint density at radius 3 is 2.75 bits per heavy atom. The summed E-state index contributed by atoms with van der Waals surface area (Å²) in [6.45, 7) is 4.27. The quantitative estimate of drug-likeness (QED) is 0.728. The molecular weight excluding hydrogens is 152 g/mol. The van der Waals surface area contributed by atoms with E-state index in [0.717, 1.165) is 12.1 Å². The lowest BCUT2D eigenvalue weighted by molar-refractivity contribution is 0.433. The zero-order chi connectivity index (χ0) is 9.14. The maximum absolute atomic E-state index is 5.99. The number of nitrogens with two attached hydrogens (primary N) is 1. The van der Waals surface area contributed by atoms with Crippen LogP contribution in [0.5, 0.6) is 0 Å². The predicted molar refractivity (Wildman–Crippen MR) is 47.4 cm³/mol. The largest absolute Gasteiger partial charge is 0.322 e. The molecule has 0 aromatic carbocycles. The average Bonchev–Trinajstić information content (AvgIpc) is 2.48. The number of hydrogen-bond acceptors (Lipinski definition) is 3. The van der Waals surface area contributed by atoms with Crippen molar-refractivity contribution >= 4 is 0 Å². The van der Waals surface area contributed by atoms with Crippen LogP contribution in [0.3, 0.4) is 0 Å². The van der Waals surface area contributed by atoms with Crippen molar-refractivity contribution in [3.8, 4) is 0 Å². The van der Waals surface area contributed by atoms with Crippen molar-refractivity contribution < 1.29 is 0 Å². The van der Waals surface area contributed by atoms with E-state index in [0.29, 0.717) is 5.92 Å². The highest BCUT2D eigenvalue weighted by Gasteiger charge is 2.16. The molecule has 12 heavy (non-hydrogen) atoms. The van der Waals surface area contributed by atoms with E-state index < -0.39 is 0 Å². The first-order chi connectivity index (χ1) is 5.66. The second kappa shape index (κ2) is 3.67. The third kappa shape index (κ3) is 1.64. The Morgan fingerprint density at radius 1 is 1.67 bits per heavy atom. The van der Waals surface area contributed by atoms with Crippen molar-refractivity contribution in [2.24, 2.45) is 18.7 Å². The monoisotopic (exact) mass is 168 g/mol. The summed E-state index contributed by atoms with van der Waals surface area (Å²) in [5.74, 6) is 0.474. The minimum atomic E-state index is 0.0509. The van der Waals surface area contributed by atoms with Crippen LogP contribution in [0.25, 0.3) is 0 Å². The molecule has 0 radical (unpaired) electrons. The predicted octanol–water partition coefficient (Wildman–Crippen LogP) is 0.861. The summed E-state index contributed by atoms with van der Waals surface area (Å²) < 4.78 is 1.73. The SMILES string of the molecule is CCC(C)C(N)c1cnnn1C. The molecule has 0 amide bonds. The summed E-state index contributed by atoms with van der Waals surface area (Å²) in [6, 6.07) is 0.0509. The molecule has 4 nitrogen and oxygen atoms in total. The third-order valence-corrected chi connectivity index (χ3v) is 2.35. The summed E-state index contributed by atoms with van der Waals surface area (Å²) in [4.78, 5) is 0. The molecule has 1 heterocycles. The maximum Gasteiger partial charge on any atom is 0.0753 e. The molecule has 0 spiro atoms. The highest BCUT2D eigenvalue weighted by Crippen LogP contribution is 2.19. The van der Waals surface area contributed by atoms with Crippen molar-refractivity contribution in [3.63, 3.8) is 0 Å². The molecule has 1 aromatic heterocycles. The Kier molecular flexibility index (Phi) is 2.81. The van der Waals surface area contributed by atoms with Crippen molar-refractivity contribution in [2.75, 3.05) is 0 Å². The highest BCUT2D eigenvalue weighted by molar-refractivity contribution is 5.01. The molecule has 68 valence electrons. The van der Waals surface area contributed by atoms with Gasteiger partial charge in [0.05, 0.1) is 17.9 Å². The van der Waals surface area contributed by atoms with E-state index in [4.69, 9.17) is 5.73 Å². The third-order valence-electron chi connectivity index (χ3n) is 2.35. The van der Waals surface area contributed by atoms with Crippen LogP contribution in [0.2, 0.25) is 0 Å². The normalized spacial score (nSPS) is 16.0. The van der Waals surface area contributed by atoms with Gasteiger partial charge in [-0.1, -0.05) is 25.5 Å². The molecule has 0 bridgehead atoms. The molecule has 1 rings (SSSR count). The summed E-state index contributed by atoms with van der Waals surface area (Å²) in [7, 11) is 1.87. The fraction of sp³-hybridized carbons (Fsp3) is 0.750. The summed E-state index contributed by atoms with van der Waals surface area (Å²) in [6.07, 6.45) is 2.81. The van der Waals surface area contributed by atoms with Gasteiger partial charge in [-0.2, -0.15) is 0 Å². The van der Waals surface area contributed by atoms with Crippen LogP contribution in [0.1, 0.15) is 32.0 Å². The average molecular weight is 168 g/mol. The lowest BCUT2D eigenvalue weighted by atomic mass is 9.98. The van der Waals surface area contributed by atoms with Gasteiger partial charge >= 0.3 is 0 Å². The molecule has 0 saturated carbocycles. The standard InChI is InChI=1S/C8H16N4/c1-4-6(2)8(9)7-5-10-11-12(7)3/h5-6,8H,4,9H2,1-3H3. The zero-order valence-electron chi connectivity index (χ0n) is 7.86. The molecule has 2 unspecified atom stereocenters. The fourth-order valence-electron chi connectivity index (χ4n) is 1.14. The van der Waals surface area contributed by atoms with Crippen LogP contribution in [0.15, 0.2) is 6.20 Å². The van der Waals surface area contributed by atoms with Crippen molar-refractivity contribution in [3.05, 3.63) is 11.9 Å². The van der Waals surface area contributed by atoms with Gasteiger partial charge in [0.15, 0.2) is 0 Å². The van der Waals surface area contributed by atoms with Gasteiger partial charge in [0.1, 0.15) is 0 Å². The molecule has 1 aromatic rings. The number of hydrogen-bond donors (Lipinski definition) is 1. The second-order valence-corrected chi connectivity index (χ2v) is 3.19. The molecule has 0 aliphatic carbocycles. The smallest absolute Gasteiger partial charge is 0.0753 e. The fourth-order valence-corrected chi connectivity index (χ4v) is 1.14. The van der Waals surface area contributed by atoms with E-state index in [1.54, 1.807) is 10.9 Å². The first-order valence-corrected chi connectivity index (χ1v) is 4.27. The summed E-state index contributed by atoms with van der Waals surface area (Å²) in [5, 5.41) is 7.63. The highest BCUT2D eigenvalue weighted by atomic mass is 15.4. The van der Waals surface area contributed by atoms with E-state index in [1.165, 1.54) is 0 Å². The Morgan fingerprint density at radius 2 is 2.33 bits per heavy atom. The van der Waals surface area contributed by atoms with E-state index >= 15 is 0 Å². The number of aryl methyl sites for hydroxylation is 1. The van der Waals surface area contributed by atoms with Crippen LogP contribution in [-0.2, 0) is 7.05 Å². The first kappa shape index (κ1) is 9.19. The molecule has 4 heteroatoms. The van der Waals surface area contributed by atoms with Crippen molar-refractivity contribution in [2.45, 2.75) is 26.3 Å². The van der Waals surface area contributed by atoms with Gasteiger partial charge in [-0.15, -0.1) is 5.10 Å². The van der Waals surface area contributed by atoms with E-state index in [9.17, 15) is 0 Å². The first-order valence-electron chi connectivity index (χ1n) is 4.27. The minimum absolute atomic E-state index is 0.0509. The second-order valence-electron chi connectivity index (χ2n) is 3.19. The maximum atomic E-state index is 5.99. The van der Waals surface area contributed by atoms with Gasteiger partial charge in [-0.3, -0.25) is 4.68 Å². The molecule has 0 fully saturated rings. The van der Waals surface area contributed by atoms with E-state index in [2.05, 4.69) is 24.2 Å². The molecule has 0 saturated heterocycles. The van der Waals surface area contributed by atoms with Crippen molar-refractivity contribution in [1.82, 2.24) is 15.0 Å². The van der Waals surface area contributed by atoms with E-state index in [-0.39, 0.29) is 6.04 Å². The van der Waals surface area contributed by atoms with Crippen LogP contribution in [-0.4, -0.2) is 15.0 Å². The van der Waals surface area contributed by atoms with Gasteiger partial charge in [0.25, 0.3) is 0 Å². The topological polar surface area (TPSA) is 56.7 Å². The minimum Gasteiger partial charge on any atom is -0.322 e. The molecule has 0 aliphatic rings. The van der Waals surface area contributed by atoms with Gasteiger partial charge in [0.2, 0.25) is 0 Å². The Balaban J connectivity index is 2.77. The van der Waals surface area contributed by atoms with Crippen LogP contribution >= 0.6 is 0 Å².